The van der Waals surface area contributed by atoms with Crippen molar-refractivity contribution in [2.24, 2.45) is 17.8 Å². The second kappa shape index (κ2) is 8.80. The number of hydrogen-bond acceptors (Lipinski definition) is 0. The molecule has 3 heteroatoms. The average molecular weight is 367 g/mol. The Hall–Kier alpha value is -0.990. The van der Waals surface area contributed by atoms with Gasteiger partial charge in [-0.05, 0) is 79.9 Å². The smallest absolute Gasteiger partial charge is 0.166 e. The van der Waals surface area contributed by atoms with Crippen molar-refractivity contribution in [1.82, 2.24) is 0 Å². The zero-order chi connectivity index (χ0) is 18.6. The molecule has 0 saturated heterocycles. The lowest BCUT2D eigenvalue weighted by Gasteiger charge is -2.38. The number of halogens is 3. The van der Waals surface area contributed by atoms with Gasteiger partial charge in [-0.15, -0.1) is 0 Å². The molecule has 0 N–H and O–H groups in total. The standard InChI is InChI=1S/C23H33F3/c1-2-3-4-17-5-7-18(8-6-17)19-9-11-20(12-10-19)21-13-15-22(16-14-21)23(24,25)26/h13-20H,2-12H2,1H3. The summed E-state index contributed by atoms with van der Waals surface area (Å²) in [6.07, 6.45) is 10.3. The van der Waals surface area contributed by atoms with Gasteiger partial charge < -0.3 is 0 Å². The first-order valence-electron chi connectivity index (χ1n) is 10.6. The Morgan fingerprint density at radius 3 is 1.85 bits per heavy atom. The highest BCUT2D eigenvalue weighted by Crippen LogP contribution is 2.44. The maximum Gasteiger partial charge on any atom is 0.416 e. The predicted octanol–water partition coefficient (Wildman–Crippen LogP) is 7.98. The van der Waals surface area contributed by atoms with Crippen LogP contribution in [0.3, 0.4) is 0 Å². The first-order chi connectivity index (χ1) is 12.5. The minimum atomic E-state index is -4.23. The SMILES string of the molecule is CCCCC1CCC(C2CCC(c3ccc(C(F)(F)F)cc3)CC2)CC1. The largest absolute Gasteiger partial charge is 0.416 e. The van der Waals surface area contributed by atoms with Crippen LogP contribution < -0.4 is 0 Å². The second-order valence-electron chi connectivity index (χ2n) is 8.65. The van der Waals surface area contributed by atoms with Crippen LogP contribution in [-0.2, 0) is 6.18 Å². The lowest BCUT2D eigenvalue weighted by atomic mass is 9.68. The maximum absolute atomic E-state index is 12.7. The third kappa shape index (κ3) is 5.04. The van der Waals surface area contributed by atoms with E-state index in [1.54, 1.807) is 12.1 Å². The van der Waals surface area contributed by atoms with E-state index in [1.165, 1.54) is 69.9 Å². The highest BCUT2D eigenvalue weighted by Gasteiger charge is 2.32. The van der Waals surface area contributed by atoms with Gasteiger partial charge >= 0.3 is 6.18 Å². The second-order valence-corrected chi connectivity index (χ2v) is 8.65. The van der Waals surface area contributed by atoms with E-state index in [1.807, 2.05) is 0 Å². The van der Waals surface area contributed by atoms with Crippen LogP contribution in [0.4, 0.5) is 13.2 Å². The van der Waals surface area contributed by atoms with Gasteiger partial charge in [-0.3, -0.25) is 0 Å². The molecule has 2 aliphatic carbocycles. The maximum atomic E-state index is 12.7. The van der Waals surface area contributed by atoms with Gasteiger partial charge in [-0.25, -0.2) is 0 Å². The molecule has 2 fully saturated rings. The summed E-state index contributed by atoms with van der Waals surface area (Å²) in [5, 5.41) is 0. The third-order valence-corrected chi connectivity index (χ3v) is 7.01. The molecule has 3 rings (SSSR count). The van der Waals surface area contributed by atoms with Crippen LogP contribution in [-0.4, -0.2) is 0 Å². The molecular weight excluding hydrogens is 333 g/mol. The summed E-state index contributed by atoms with van der Waals surface area (Å²) in [5.41, 5.74) is 0.564. The van der Waals surface area contributed by atoms with E-state index in [0.29, 0.717) is 5.92 Å². The Morgan fingerprint density at radius 1 is 0.808 bits per heavy atom. The van der Waals surface area contributed by atoms with Gasteiger partial charge in [0, 0.05) is 0 Å². The van der Waals surface area contributed by atoms with Crippen molar-refractivity contribution in [1.29, 1.82) is 0 Å². The van der Waals surface area contributed by atoms with Crippen LogP contribution in [0.5, 0.6) is 0 Å². The van der Waals surface area contributed by atoms with Crippen LogP contribution in [0.2, 0.25) is 0 Å². The fourth-order valence-corrected chi connectivity index (χ4v) is 5.31. The van der Waals surface area contributed by atoms with Crippen molar-refractivity contribution in [2.75, 3.05) is 0 Å². The summed E-state index contributed by atoms with van der Waals surface area (Å²) >= 11 is 0. The molecule has 1 aromatic carbocycles. The van der Waals surface area contributed by atoms with E-state index in [-0.39, 0.29) is 0 Å². The Labute approximate surface area is 156 Å². The minimum absolute atomic E-state index is 0.453. The molecule has 26 heavy (non-hydrogen) atoms. The van der Waals surface area contributed by atoms with Crippen molar-refractivity contribution >= 4 is 0 Å². The number of rotatable bonds is 5. The van der Waals surface area contributed by atoms with Crippen molar-refractivity contribution in [3.63, 3.8) is 0 Å². The Bertz CT molecular complexity index is 530. The predicted molar refractivity (Wildman–Crippen MR) is 101 cm³/mol. The molecule has 0 spiro atoms. The summed E-state index contributed by atoms with van der Waals surface area (Å²) in [4.78, 5) is 0. The van der Waals surface area contributed by atoms with Gasteiger partial charge in [0.05, 0.1) is 5.56 Å². The first-order valence-corrected chi connectivity index (χ1v) is 10.6. The topological polar surface area (TPSA) is 0 Å². The summed E-state index contributed by atoms with van der Waals surface area (Å²) in [6, 6.07) is 5.90. The zero-order valence-corrected chi connectivity index (χ0v) is 16.0. The zero-order valence-electron chi connectivity index (χ0n) is 16.0. The van der Waals surface area contributed by atoms with Gasteiger partial charge in [0.25, 0.3) is 0 Å². The summed E-state index contributed by atoms with van der Waals surface area (Å²) in [6.45, 7) is 2.28. The number of unbranched alkanes of at least 4 members (excludes halogenated alkanes) is 1. The van der Waals surface area contributed by atoms with Crippen molar-refractivity contribution in [2.45, 2.75) is 89.6 Å². The monoisotopic (exact) mass is 366 g/mol. The quantitative estimate of drug-likeness (QED) is 0.495. The molecule has 0 aromatic heterocycles. The van der Waals surface area contributed by atoms with E-state index < -0.39 is 11.7 Å². The van der Waals surface area contributed by atoms with Gasteiger partial charge in [-0.1, -0.05) is 51.2 Å². The lowest BCUT2D eigenvalue weighted by Crippen LogP contribution is -2.25. The molecule has 0 radical (unpaired) electrons. The summed E-state index contributed by atoms with van der Waals surface area (Å²) < 4.78 is 38.1. The molecule has 0 heterocycles. The van der Waals surface area contributed by atoms with Gasteiger partial charge in [-0.2, -0.15) is 13.2 Å². The summed E-state index contributed by atoms with van der Waals surface area (Å²) in [7, 11) is 0. The van der Waals surface area contributed by atoms with Crippen LogP contribution in [0, 0.1) is 17.8 Å². The highest BCUT2D eigenvalue weighted by molar-refractivity contribution is 5.27. The molecule has 1 aromatic rings. The van der Waals surface area contributed by atoms with E-state index in [2.05, 4.69) is 6.92 Å². The van der Waals surface area contributed by atoms with Crippen LogP contribution >= 0.6 is 0 Å². The van der Waals surface area contributed by atoms with E-state index >= 15 is 0 Å². The number of alkyl halides is 3. The van der Waals surface area contributed by atoms with Gasteiger partial charge in [0.2, 0.25) is 0 Å². The molecule has 0 nitrogen and oxygen atoms in total. The normalized spacial score (nSPS) is 30.3. The fourth-order valence-electron chi connectivity index (χ4n) is 5.31. The van der Waals surface area contributed by atoms with E-state index in [0.717, 1.165) is 36.2 Å². The van der Waals surface area contributed by atoms with E-state index in [9.17, 15) is 13.2 Å². The lowest BCUT2D eigenvalue weighted by molar-refractivity contribution is -0.137. The Kier molecular flexibility index (Phi) is 6.69. The van der Waals surface area contributed by atoms with Crippen molar-refractivity contribution in [3.8, 4) is 0 Å². The molecule has 0 aliphatic heterocycles. The van der Waals surface area contributed by atoms with Crippen molar-refractivity contribution < 1.29 is 13.2 Å². The van der Waals surface area contributed by atoms with Crippen LogP contribution in [0.25, 0.3) is 0 Å². The Balaban J connectivity index is 1.46. The Morgan fingerprint density at radius 2 is 1.35 bits per heavy atom. The molecule has 0 amide bonds. The molecule has 2 aliphatic rings. The molecular formula is C23H33F3. The molecule has 0 unspecified atom stereocenters. The van der Waals surface area contributed by atoms with Crippen molar-refractivity contribution in [3.05, 3.63) is 35.4 Å². The number of benzene rings is 1. The molecule has 0 bridgehead atoms. The van der Waals surface area contributed by atoms with Gasteiger partial charge in [0.1, 0.15) is 0 Å². The van der Waals surface area contributed by atoms with Crippen LogP contribution in [0.1, 0.15) is 94.6 Å². The van der Waals surface area contributed by atoms with E-state index in [4.69, 9.17) is 0 Å². The van der Waals surface area contributed by atoms with Crippen LogP contribution in [0.15, 0.2) is 24.3 Å². The third-order valence-electron chi connectivity index (χ3n) is 7.01. The minimum Gasteiger partial charge on any atom is -0.166 e. The molecule has 146 valence electrons. The first kappa shape index (κ1) is 19.8. The molecule has 0 atom stereocenters. The number of hydrogen-bond donors (Lipinski definition) is 0. The fraction of sp³-hybridized carbons (Fsp3) is 0.739. The molecule has 2 saturated carbocycles. The van der Waals surface area contributed by atoms with Gasteiger partial charge in [0.15, 0.2) is 0 Å². The summed E-state index contributed by atoms with van der Waals surface area (Å²) in [5.74, 6) is 3.18. The average Bonchev–Trinajstić information content (AvgIpc) is 2.66. The highest BCUT2D eigenvalue weighted by atomic mass is 19.4.